The van der Waals surface area contributed by atoms with Gasteiger partial charge in [-0.15, -0.1) is 0 Å². The second kappa shape index (κ2) is 5.23. The van der Waals surface area contributed by atoms with Crippen molar-refractivity contribution in [3.05, 3.63) is 29.1 Å². The predicted molar refractivity (Wildman–Crippen MR) is 74.6 cm³/mol. The number of carboxylic acids is 1. The monoisotopic (exact) mass is 276 g/mol. The van der Waals surface area contributed by atoms with Crippen molar-refractivity contribution in [2.75, 3.05) is 13.1 Å². The first-order valence-electron chi connectivity index (χ1n) is 6.80. The van der Waals surface area contributed by atoms with Crippen LogP contribution in [0, 0.1) is 19.3 Å². The molecule has 1 amide bonds. The lowest BCUT2D eigenvalue weighted by Gasteiger charge is -2.37. The number of piperidine rings is 1. The third-order valence-corrected chi connectivity index (χ3v) is 3.96. The zero-order valence-corrected chi connectivity index (χ0v) is 12.1. The number of hydrogen-bond donors (Lipinski definition) is 1. The summed E-state index contributed by atoms with van der Waals surface area (Å²) in [6, 6.07) is 3.58. The van der Waals surface area contributed by atoms with Crippen molar-refractivity contribution in [2.45, 2.75) is 33.6 Å². The molecule has 1 aliphatic heterocycles. The van der Waals surface area contributed by atoms with Gasteiger partial charge in [-0.3, -0.25) is 14.6 Å². The van der Waals surface area contributed by atoms with E-state index in [9.17, 15) is 14.7 Å². The molecule has 1 aliphatic rings. The minimum Gasteiger partial charge on any atom is -0.481 e. The summed E-state index contributed by atoms with van der Waals surface area (Å²) >= 11 is 0. The van der Waals surface area contributed by atoms with Gasteiger partial charge in [-0.25, -0.2) is 0 Å². The predicted octanol–water partition coefficient (Wildman–Crippen LogP) is 2.03. The lowest BCUT2D eigenvalue weighted by atomic mass is 9.82. The normalized spacial score (nSPS) is 22.6. The lowest BCUT2D eigenvalue weighted by molar-refractivity contribution is -0.150. The molecule has 108 valence electrons. The van der Waals surface area contributed by atoms with Gasteiger partial charge < -0.3 is 10.0 Å². The molecule has 0 saturated carbocycles. The van der Waals surface area contributed by atoms with Crippen molar-refractivity contribution >= 4 is 11.9 Å². The fraction of sp³-hybridized carbons (Fsp3) is 0.533. The van der Waals surface area contributed by atoms with Crippen LogP contribution in [-0.4, -0.2) is 40.0 Å². The second-order valence-electron chi connectivity index (χ2n) is 5.78. The van der Waals surface area contributed by atoms with Gasteiger partial charge in [0, 0.05) is 18.8 Å². The molecule has 2 heterocycles. The Bertz CT molecular complexity index is 556. The summed E-state index contributed by atoms with van der Waals surface area (Å²) in [4.78, 5) is 29.8. The third kappa shape index (κ3) is 2.66. The lowest BCUT2D eigenvalue weighted by Crippen LogP contribution is -2.48. The van der Waals surface area contributed by atoms with E-state index < -0.39 is 11.4 Å². The summed E-state index contributed by atoms with van der Waals surface area (Å²) in [7, 11) is 0. The fourth-order valence-electron chi connectivity index (χ4n) is 2.67. The smallest absolute Gasteiger partial charge is 0.311 e. The van der Waals surface area contributed by atoms with Crippen molar-refractivity contribution in [3.63, 3.8) is 0 Å². The molecule has 1 atom stereocenters. The van der Waals surface area contributed by atoms with Crippen LogP contribution in [0.3, 0.4) is 0 Å². The van der Waals surface area contributed by atoms with Gasteiger partial charge in [0.15, 0.2) is 0 Å². The molecule has 0 radical (unpaired) electrons. The Hall–Kier alpha value is -1.91. The molecule has 1 saturated heterocycles. The number of carbonyl (C=O) groups is 2. The molecule has 0 spiro atoms. The van der Waals surface area contributed by atoms with Crippen LogP contribution < -0.4 is 0 Å². The average Bonchev–Trinajstić information content (AvgIpc) is 2.38. The number of aromatic nitrogens is 1. The number of rotatable bonds is 2. The number of carbonyl (C=O) groups excluding carboxylic acids is 1. The van der Waals surface area contributed by atoms with Gasteiger partial charge in [-0.05, 0) is 45.7 Å². The SMILES string of the molecule is Cc1ccc(C(=O)N2CCCC(C)(C(=O)O)C2)c(C)n1. The summed E-state index contributed by atoms with van der Waals surface area (Å²) in [5.74, 6) is -0.962. The van der Waals surface area contributed by atoms with Gasteiger partial charge in [-0.1, -0.05) is 0 Å². The first-order valence-corrected chi connectivity index (χ1v) is 6.80. The molecule has 20 heavy (non-hydrogen) atoms. The molecule has 0 aromatic carbocycles. The molecular weight excluding hydrogens is 256 g/mol. The Balaban J connectivity index is 2.23. The first kappa shape index (κ1) is 14.5. The van der Waals surface area contributed by atoms with E-state index in [-0.39, 0.29) is 12.5 Å². The van der Waals surface area contributed by atoms with Gasteiger partial charge in [-0.2, -0.15) is 0 Å². The van der Waals surface area contributed by atoms with E-state index >= 15 is 0 Å². The Morgan fingerprint density at radius 1 is 1.35 bits per heavy atom. The Morgan fingerprint density at radius 3 is 2.65 bits per heavy atom. The van der Waals surface area contributed by atoms with Crippen LogP contribution >= 0.6 is 0 Å². The summed E-state index contributed by atoms with van der Waals surface area (Å²) in [6.07, 6.45) is 1.32. The minimum absolute atomic E-state index is 0.123. The molecule has 1 aromatic rings. The Kier molecular flexibility index (Phi) is 3.79. The van der Waals surface area contributed by atoms with E-state index in [1.807, 2.05) is 6.92 Å². The average molecular weight is 276 g/mol. The summed E-state index contributed by atoms with van der Waals surface area (Å²) in [5.41, 5.74) is 1.27. The number of pyridine rings is 1. The van der Waals surface area contributed by atoms with Gasteiger partial charge in [0.1, 0.15) is 0 Å². The third-order valence-electron chi connectivity index (χ3n) is 3.96. The molecule has 0 aliphatic carbocycles. The highest BCUT2D eigenvalue weighted by Gasteiger charge is 2.39. The maximum Gasteiger partial charge on any atom is 0.311 e. The molecule has 2 rings (SSSR count). The van der Waals surface area contributed by atoms with Crippen molar-refractivity contribution in [3.8, 4) is 0 Å². The van der Waals surface area contributed by atoms with E-state index in [0.29, 0.717) is 30.6 Å². The Morgan fingerprint density at radius 2 is 2.05 bits per heavy atom. The molecule has 1 fully saturated rings. The molecule has 1 aromatic heterocycles. The van der Waals surface area contributed by atoms with E-state index in [0.717, 1.165) is 5.69 Å². The van der Waals surface area contributed by atoms with Crippen LogP contribution in [0.5, 0.6) is 0 Å². The largest absolute Gasteiger partial charge is 0.481 e. The van der Waals surface area contributed by atoms with Gasteiger partial charge in [0.2, 0.25) is 0 Å². The van der Waals surface area contributed by atoms with E-state index in [2.05, 4.69) is 4.98 Å². The number of hydrogen-bond acceptors (Lipinski definition) is 3. The number of carboxylic acid groups (broad SMARTS) is 1. The summed E-state index contributed by atoms with van der Waals surface area (Å²) in [5, 5.41) is 9.31. The highest BCUT2D eigenvalue weighted by molar-refractivity contribution is 5.95. The standard InChI is InChI=1S/C15H20N2O3/c1-10-5-6-12(11(2)16-10)13(18)17-8-4-7-15(3,9-17)14(19)20/h5-6H,4,7-9H2,1-3H3,(H,19,20). The van der Waals surface area contributed by atoms with E-state index in [1.54, 1.807) is 30.9 Å². The zero-order chi connectivity index (χ0) is 14.9. The first-order chi connectivity index (χ1) is 9.33. The zero-order valence-electron chi connectivity index (χ0n) is 12.1. The Labute approximate surface area is 118 Å². The number of likely N-dealkylation sites (tertiary alicyclic amines) is 1. The van der Waals surface area contributed by atoms with Crippen LogP contribution in [0.2, 0.25) is 0 Å². The summed E-state index contributed by atoms with van der Waals surface area (Å²) < 4.78 is 0. The van der Waals surface area contributed by atoms with E-state index in [4.69, 9.17) is 0 Å². The molecule has 0 bridgehead atoms. The van der Waals surface area contributed by atoms with E-state index in [1.165, 1.54) is 0 Å². The van der Waals surface area contributed by atoms with Crippen LogP contribution in [0.4, 0.5) is 0 Å². The van der Waals surface area contributed by atoms with Crippen molar-refractivity contribution in [2.24, 2.45) is 5.41 Å². The number of amides is 1. The highest BCUT2D eigenvalue weighted by atomic mass is 16.4. The molecule has 5 nitrogen and oxygen atoms in total. The molecule has 1 unspecified atom stereocenters. The minimum atomic E-state index is -0.847. The maximum atomic E-state index is 12.5. The quantitative estimate of drug-likeness (QED) is 0.897. The number of nitrogens with zero attached hydrogens (tertiary/aromatic N) is 2. The highest BCUT2D eigenvalue weighted by Crippen LogP contribution is 2.30. The maximum absolute atomic E-state index is 12.5. The fourth-order valence-corrected chi connectivity index (χ4v) is 2.67. The van der Waals surface area contributed by atoms with Gasteiger partial charge >= 0.3 is 5.97 Å². The molecule has 1 N–H and O–H groups in total. The topological polar surface area (TPSA) is 70.5 Å². The number of aliphatic carboxylic acids is 1. The van der Waals surface area contributed by atoms with Crippen LogP contribution in [0.1, 0.15) is 41.5 Å². The molecular formula is C15H20N2O3. The van der Waals surface area contributed by atoms with Crippen molar-refractivity contribution < 1.29 is 14.7 Å². The second-order valence-corrected chi connectivity index (χ2v) is 5.78. The summed E-state index contributed by atoms with van der Waals surface area (Å²) in [6.45, 7) is 6.25. The molecule has 5 heteroatoms. The van der Waals surface area contributed by atoms with Crippen LogP contribution in [0.15, 0.2) is 12.1 Å². The van der Waals surface area contributed by atoms with Crippen LogP contribution in [-0.2, 0) is 4.79 Å². The van der Waals surface area contributed by atoms with Gasteiger partial charge in [0.05, 0.1) is 16.7 Å². The van der Waals surface area contributed by atoms with Gasteiger partial charge in [0.25, 0.3) is 5.91 Å². The van der Waals surface area contributed by atoms with Crippen molar-refractivity contribution in [1.29, 1.82) is 0 Å². The number of aryl methyl sites for hydroxylation is 2. The van der Waals surface area contributed by atoms with Crippen LogP contribution in [0.25, 0.3) is 0 Å². The van der Waals surface area contributed by atoms with Crippen molar-refractivity contribution in [1.82, 2.24) is 9.88 Å².